The fraction of sp³-hybridized carbons (Fsp3) is 0. The lowest BCUT2D eigenvalue weighted by Crippen LogP contribution is -2.14. The zero-order chi connectivity index (χ0) is 15.9. The van der Waals surface area contributed by atoms with Gasteiger partial charge in [-0.15, -0.1) is 0 Å². The van der Waals surface area contributed by atoms with Gasteiger partial charge in [-0.25, -0.2) is 4.98 Å². The molecule has 1 aromatic heterocycles. The number of rotatable bonds is 4. The second-order valence-corrected chi connectivity index (χ2v) is 4.95. The Balaban J connectivity index is 2.11. The Kier molecular flexibility index (Phi) is 5.37. The molecule has 2 aromatic rings. The third-order valence-corrected chi connectivity index (χ3v) is 3.14. The van der Waals surface area contributed by atoms with E-state index in [1.165, 1.54) is 12.4 Å². The lowest BCUT2D eigenvalue weighted by molar-refractivity contribution is -0.112. The molecule has 0 saturated heterocycles. The summed E-state index contributed by atoms with van der Waals surface area (Å²) in [7, 11) is 0. The van der Waals surface area contributed by atoms with E-state index in [4.69, 9.17) is 28.5 Å². The number of anilines is 2. The van der Waals surface area contributed by atoms with Crippen molar-refractivity contribution in [3.8, 4) is 6.07 Å². The number of aromatic nitrogens is 1. The summed E-state index contributed by atoms with van der Waals surface area (Å²) in [5, 5.41) is 15.3. The molecule has 5 nitrogen and oxygen atoms in total. The predicted molar refractivity (Wildman–Crippen MR) is 86.6 cm³/mol. The fourth-order valence-electron chi connectivity index (χ4n) is 1.53. The fourth-order valence-corrected chi connectivity index (χ4v) is 1.87. The van der Waals surface area contributed by atoms with Crippen molar-refractivity contribution in [2.45, 2.75) is 0 Å². The minimum Gasteiger partial charge on any atom is -0.345 e. The minimum atomic E-state index is -0.579. The van der Waals surface area contributed by atoms with Gasteiger partial charge in [0.1, 0.15) is 17.5 Å². The molecule has 1 amide bonds. The number of benzene rings is 1. The molecule has 0 unspecified atom stereocenters. The number of carbonyl (C=O) groups excluding carboxylic acids is 1. The number of amides is 1. The molecule has 1 aromatic carbocycles. The molecular weight excluding hydrogens is 323 g/mol. The van der Waals surface area contributed by atoms with Gasteiger partial charge in [-0.05, 0) is 24.3 Å². The van der Waals surface area contributed by atoms with Gasteiger partial charge in [-0.1, -0.05) is 35.3 Å². The maximum Gasteiger partial charge on any atom is 0.267 e. The molecule has 110 valence electrons. The van der Waals surface area contributed by atoms with Gasteiger partial charge < -0.3 is 10.6 Å². The average Bonchev–Trinajstić information content (AvgIpc) is 2.50. The first-order valence-electron chi connectivity index (χ1n) is 6.14. The van der Waals surface area contributed by atoms with Gasteiger partial charge in [0.05, 0.1) is 10.7 Å². The van der Waals surface area contributed by atoms with E-state index in [-0.39, 0.29) is 5.57 Å². The van der Waals surface area contributed by atoms with Crippen LogP contribution < -0.4 is 10.6 Å². The topological polar surface area (TPSA) is 77.8 Å². The molecule has 0 saturated carbocycles. The normalized spacial score (nSPS) is 10.7. The van der Waals surface area contributed by atoms with Gasteiger partial charge in [0, 0.05) is 17.4 Å². The van der Waals surface area contributed by atoms with E-state index >= 15 is 0 Å². The number of halogens is 2. The molecule has 0 atom stereocenters. The van der Waals surface area contributed by atoms with E-state index in [0.29, 0.717) is 21.6 Å². The number of nitrogens with one attached hydrogen (secondary N) is 2. The summed E-state index contributed by atoms with van der Waals surface area (Å²) in [6.45, 7) is 0. The summed E-state index contributed by atoms with van der Waals surface area (Å²) in [5.74, 6) is -0.157. The Bertz CT molecular complexity index is 768. The first-order chi connectivity index (χ1) is 10.6. The third kappa shape index (κ3) is 4.22. The Morgan fingerprint density at radius 3 is 2.73 bits per heavy atom. The first-order valence-corrected chi connectivity index (χ1v) is 6.90. The van der Waals surface area contributed by atoms with Gasteiger partial charge in [0.2, 0.25) is 0 Å². The van der Waals surface area contributed by atoms with Crippen LogP contribution in [-0.4, -0.2) is 10.9 Å². The predicted octanol–water partition coefficient (Wildman–Crippen LogP) is 3.85. The summed E-state index contributed by atoms with van der Waals surface area (Å²) in [6, 6.07) is 11.7. The van der Waals surface area contributed by atoms with Crippen molar-refractivity contribution in [1.29, 1.82) is 5.26 Å². The molecule has 7 heteroatoms. The van der Waals surface area contributed by atoms with Gasteiger partial charge >= 0.3 is 0 Å². The van der Waals surface area contributed by atoms with E-state index in [1.54, 1.807) is 36.4 Å². The van der Waals surface area contributed by atoms with Crippen LogP contribution in [0.1, 0.15) is 0 Å². The molecule has 1 heterocycles. The molecular formula is C15H10Cl2N4O. The first kappa shape index (κ1) is 15.8. The Hall–Kier alpha value is -2.55. The van der Waals surface area contributed by atoms with Crippen LogP contribution in [-0.2, 0) is 4.79 Å². The van der Waals surface area contributed by atoms with E-state index in [0.717, 1.165) is 0 Å². The molecule has 0 aliphatic rings. The van der Waals surface area contributed by atoms with E-state index in [9.17, 15) is 4.79 Å². The zero-order valence-electron chi connectivity index (χ0n) is 11.2. The molecule has 0 aliphatic carbocycles. The lowest BCUT2D eigenvalue weighted by Gasteiger charge is -2.06. The molecule has 0 spiro atoms. The Labute approximate surface area is 137 Å². The Morgan fingerprint density at radius 1 is 1.27 bits per heavy atom. The number of para-hydroxylation sites is 1. The number of carbonyl (C=O) groups is 1. The standard InChI is InChI=1S/C15H10Cl2N4O/c16-11-5-6-19-14(7-11)20-9-10(8-18)15(22)21-13-4-2-1-3-12(13)17/h1-7,9H,(H,19,20)(H,21,22)/b10-9-. The van der Waals surface area contributed by atoms with Crippen LogP contribution >= 0.6 is 23.2 Å². The van der Waals surface area contributed by atoms with Crippen molar-refractivity contribution in [2.75, 3.05) is 10.6 Å². The minimum absolute atomic E-state index is 0.123. The summed E-state index contributed by atoms with van der Waals surface area (Å²) in [5.41, 5.74) is 0.304. The van der Waals surface area contributed by atoms with Crippen LogP contribution in [0.4, 0.5) is 11.5 Å². The van der Waals surface area contributed by atoms with Crippen LogP contribution in [0.15, 0.2) is 54.4 Å². The monoisotopic (exact) mass is 332 g/mol. The van der Waals surface area contributed by atoms with Gasteiger partial charge in [0.15, 0.2) is 0 Å². The highest BCUT2D eigenvalue weighted by Gasteiger charge is 2.11. The molecule has 0 aliphatic heterocycles. The van der Waals surface area contributed by atoms with Crippen molar-refractivity contribution in [2.24, 2.45) is 0 Å². The van der Waals surface area contributed by atoms with E-state index < -0.39 is 5.91 Å². The van der Waals surface area contributed by atoms with Gasteiger partial charge in [0.25, 0.3) is 5.91 Å². The molecule has 0 radical (unpaired) electrons. The quantitative estimate of drug-likeness (QED) is 0.658. The number of hydrogen-bond donors (Lipinski definition) is 2. The van der Waals surface area contributed by atoms with E-state index in [1.807, 2.05) is 6.07 Å². The second-order valence-electron chi connectivity index (χ2n) is 4.11. The maximum absolute atomic E-state index is 12.0. The smallest absolute Gasteiger partial charge is 0.267 e. The van der Waals surface area contributed by atoms with Crippen LogP contribution in [0.5, 0.6) is 0 Å². The number of pyridine rings is 1. The number of hydrogen-bond acceptors (Lipinski definition) is 4. The van der Waals surface area contributed by atoms with Crippen molar-refractivity contribution >= 4 is 40.6 Å². The third-order valence-electron chi connectivity index (χ3n) is 2.57. The van der Waals surface area contributed by atoms with Crippen molar-refractivity contribution < 1.29 is 4.79 Å². The van der Waals surface area contributed by atoms with Gasteiger partial charge in [-0.2, -0.15) is 5.26 Å². The van der Waals surface area contributed by atoms with Crippen LogP contribution in [0.25, 0.3) is 0 Å². The highest BCUT2D eigenvalue weighted by molar-refractivity contribution is 6.34. The van der Waals surface area contributed by atoms with Crippen molar-refractivity contribution in [3.05, 3.63) is 64.4 Å². The summed E-state index contributed by atoms with van der Waals surface area (Å²) >= 11 is 11.8. The van der Waals surface area contributed by atoms with Gasteiger partial charge in [-0.3, -0.25) is 4.79 Å². The number of nitrogens with zero attached hydrogens (tertiary/aromatic N) is 2. The van der Waals surface area contributed by atoms with Crippen LogP contribution in [0.3, 0.4) is 0 Å². The largest absolute Gasteiger partial charge is 0.345 e. The highest BCUT2D eigenvalue weighted by atomic mass is 35.5. The average molecular weight is 333 g/mol. The maximum atomic E-state index is 12.0. The molecule has 22 heavy (non-hydrogen) atoms. The molecule has 0 bridgehead atoms. The zero-order valence-corrected chi connectivity index (χ0v) is 12.7. The highest BCUT2D eigenvalue weighted by Crippen LogP contribution is 2.21. The lowest BCUT2D eigenvalue weighted by atomic mass is 10.2. The molecule has 0 fully saturated rings. The molecule has 2 rings (SSSR count). The summed E-state index contributed by atoms with van der Waals surface area (Å²) in [6.07, 6.45) is 2.76. The SMILES string of the molecule is N#C/C(=C/Nc1cc(Cl)ccn1)C(=O)Nc1ccccc1Cl. The summed E-state index contributed by atoms with van der Waals surface area (Å²) in [4.78, 5) is 16.0. The number of nitriles is 1. The second kappa shape index (κ2) is 7.46. The van der Waals surface area contributed by atoms with Crippen molar-refractivity contribution in [1.82, 2.24) is 4.98 Å². The van der Waals surface area contributed by atoms with Crippen LogP contribution in [0.2, 0.25) is 10.0 Å². The Morgan fingerprint density at radius 2 is 2.05 bits per heavy atom. The molecule has 2 N–H and O–H groups in total. The van der Waals surface area contributed by atoms with Crippen LogP contribution in [0, 0.1) is 11.3 Å². The summed E-state index contributed by atoms with van der Waals surface area (Å²) < 4.78 is 0. The van der Waals surface area contributed by atoms with E-state index in [2.05, 4.69) is 15.6 Å². The van der Waals surface area contributed by atoms with Crippen molar-refractivity contribution in [3.63, 3.8) is 0 Å².